The summed E-state index contributed by atoms with van der Waals surface area (Å²) >= 11 is 0. The highest BCUT2D eigenvalue weighted by Crippen LogP contribution is 2.12. The minimum Gasteiger partial charge on any atom is -0.462 e. The van der Waals surface area contributed by atoms with Crippen LogP contribution < -0.4 is 15.4 Å². The van der Waals surface area contributed by atoms with Crippen LogP contribution in [0.5, 0.6) is 0 Å². The molecule has 0 atom stereocenters. The van der Waals surface area contributed by atoms with Gasteiger partial charge in [-0.1, -0.05) is 13.8 Å². The average Bonchev–Trinajstić information content (AvgIpc) is 2.77. The molecule has 2 aromatic carbocycles. The number of carbonyl (C=O) groups excluding carboxylic acids is 3. The third-order valence-corrected chi connectivity index (χ3v) is 5.79. The molecule has 0 aliphatic rings. The summed E-state index contributed by atoms with van der Waals surface area (Å²) in [5.74, 6) is -1.17. The number of benzene rings is 2. The molecule has 2 aromatic rings. The molecule has 172 valence electrons. The van der Waals surface area contributed by atoms with E-state index >= 15 is 0 Å². The molecule has 10 heteroatoms. The molecule has 0 heterocycles. The van der Waals surface area contributed by atoms with E-state index in [-0.39, 0.29) is 47.9 Å². The molecule has 0 radical (unpaired) electrons. The summed E-state index contributed by atoms with van der Waals surface area (Å²) in [4.78, 5) is 35.6. The highest BCUT2D eigenvalue weighted by atomic mass is 32.2. The van der Waals surface area contributed by atoms with E-state index in [2.05, 4.69) is 15.4 Å². The Hall–Kier alpha value is -3.24. The number of amides is 2. The molecule has 0 spiro atoms. The summed E-state index contributed by atoms with van der Waals surface area (Å²) < 4.78 is 32.0. The molecule has 0 bridgehead atoms. The first-order chi connectivity index (χ1) is 15.1. The summed E-state index contributed by atoms with van der Waals surface area (Å²) in [5.41, 5.74) is 1.22. The number of esters is 1. The molecule has 0 saturated carbocycles. The Bertz CT molecular complexity index is 1050. The van der Waals surface area contributed by atoms with Crippen LogP contribution in [0.4, 0.5) is 5.69 Å². The van der Waals surface area contributed by atoms with Crippen molar-refractivity contribution in [2.75, 3.05) is 25.0 Å². The average molecular weight is 462 g/mol. The first-order valence-electron chi connectivity index (χ1n) is 10.1. The Balaban J connectivity index is 1.83. The van der Waals surface area contributed by atoms with Gasteiger partial charge >= 0.3 is 5.97 Å². The fourth-order valence-electron chi connectivity index (χ4n) is 2.52. The van der Waals surface area contributed by atoms with E-state index in [9.17, 15) is 22.8 Å². The normalized spacial score (nSPS) is 11.1. The van der Waals surface area contributed by atoms with E-state index in [1.54, 1.807) is 45.0 Å². The molecule has 2 rings (SSSR count). The maximum atomic E-state index is 12.4. The molecule has 0 aliphatic carbocycles. The van der Waals surface area contributed by atoms with Gasteiger partial charge in [-0.15, -0.1) is 0 Å². The van der Waals surface area contributed by atoms with Crippen molar-refractivity contribution in [3.05, 3.63) is 59.7 Å². The minimum absolute atomic E-state index is 0.00379. The van der Waals surface area contributed by atoms with Crippen molar-refractivity contribution >= 4 is 33.5 Å². The molecular weight excluding hydrogens is 434 g/mol. The highest BCUT2D eigenvalue weighted by Gasteiger charge is 2.15. The van der Waals surface area contributed by atoms with E-state index in [0.717, 1.165) is 0 Å². The Labute approximate surface area is 187 Å². The first kappa shape index (κ1) is 25.0. The lowest BCUT2D eigenvalue weighted by Crippen LogP contribution is -2.34. The van der Waals surface area contributed by atoms with E-state index in [4.69, 9.17) is 4.74 Å². The molecule has 3 N–H and O–H groups in total. The van der Waals surface area contributed by atoms with Gasteiger partial charge in [-0.25, -0.2) is 17.9 Å². The van der Waals surface area contributed by atoms with Gasteiger partial charge in [-0.2, -0.15) is 0 Å². The highest BCUT2D eigenvalue weighted by molar-refractivity contribution is 7.89. The van der Waals surface area contributed by atoms with Gasteiger partial charge in [0, 0.05) is 30.3 Å². The lowest BCUT2D eigenvalue weighted by Gasteiger charge is -2.10. The quantitative estimate of drug-likeness (QED) is 0.367. The summed E-state index contributed by atoms with van der Waals surface area (Å²) in [5, 5.41) is 5.36. The van der Waals surface area contributed by atoms with Gasteiger partial charge < -0.3 is 15.4 Å². The van der Waals surface area contributed by atoms with Crippen LogP contribution in [0.2, 0.25) is 0 Å². The van der Waals surface area contributed by atoms with Gasteiger partial charge in [0.15, 0.2) is 0 Å². The minimum atomic E-state index is -3.80. The zero-order valence-corrected chi connectivity index (χ0v) is 19.0. The maximum absolute atomic E-state index is 12.4. The van der Waals surface area contributed by atoms with Crippen LogP contribution in [0.3, 0.4) is 0 Å². The summed E-state index contributed by atoms with van der Waals surface area (Å²) in [7, 11) is -3.80. The fourth-order valence-corrected chi connectivity index (χ4v) is 3.55. The topological polar surface area (TPSA) is 131 Å². The van der Waals surface area contributed by atoms with Crippen molar-refractivity contribution in [1.82, 2.24) is 10.0 Å². The van der Waals surface area contributed by atoms with Crippen LogP contribution in [0, 0.1) is 5.92 Å². The molecular formula is C22H27N3O6S. The number of nitrogens with one attached hydrogen (secondary N) is 3. The summed E-state index contributed by atoms with van der Waals surface area (Å²) in [6, 6.07) is 11.8. The van der Waals surface area contributed by atoms with Gasteiger partial charge in [0.05, 0.1) is 17.1 Å². The van der Waals surface area contributed by atoms with E-state index in [1.165, 1.54) is 24.3 Å². The van der Waals surface area contributed by atoms with Crippen molar-refractivity contribution in [3.8, 4) is 0 Å². The van der Waals surface area contributed by atoms with Crippen LogP contribution in [-0.4, -0.2) is 45.9 Å². The monoisotopic (exact) mass is 461 g/mol. The van der Waals surface area contributed by atoms with Crippen LogP contribution in [0.1, 0.15) is 41.5 Å². The van der Waals surface area contributed by atoms with Gasteiger partial charge in [-0.3, -0.25) is 9.59 Å². The second-order valence-corrected chi connectivity index (χ2v) is 8.89. The summed E-state index contributed by atoms with van der Waals surface area (Å²) in [6.45, 7) is 5.53. The van der Waals surface area contributed by atoms with E-state index < -0.39 is 16.0 Å². The number of carbonyl (C=O) groups is 3. The largest absolute Gasteiger partial charge is 0.462 e. The van der Waals surface area contributed by atoms with E-state index in [0.29, 0.717) is 11.3 Å². The Kier molecular flexibility index (Phi) is 8.91. The van der Waals surface area contributed by atoms with Gasteiger partial charge in [0.25, 0.3) is 5.91 Å². The maximum Gasteiger partial charge on any atom is 0.338 e. The molecule has 0 saturated heterocycles. The van der Waals surface area contributed by atoms with Crippen LogP contribution in [-0.2, 0) is 19.6 Å². The van der Waals surface area contributed by atoms with E-state index in [1.807, 2.05) is 0 Å². The lowest BCUT2D eigenvalue weighted by molar-refractivity contribution is -0.118. The fraction of sp³-hybridized carbons (Fsp3) is 0.318. The lowest BCUT2D eigenvalue weighted by atomic mass is 10.1. The standard InChI is InChI=1S/C22H27N3O6S/c1-4-31-22(28)17-7-11-19(12-8-17)32(29,30)24-14-13-23-21(27)16-5-9-18(10-6-16)25-20(26)15(2)3/h5-12,15,24H,4,13-14H2,1-3H3,(H,23,27)(H,25,26). The third kappa shape index (κ3) is 7.17. The van der Waals surface area contributed by atoms with Crippen LogP contribution >= 0.6 is 0 Å². The SMILES string of the molecule is CCOC(=O)c1ccc(S(=O)(=O)NCCNC(=O)c2ccc(NC(=O)C(C)C)cc2)cc1. The van der Waals surface area contributed by atoms with Gasteiger partial charge in [0.2, 0.25) is 15.9 Å². The Morgan fingerprint density at radius 3 is 2.06 bits per heavy atom. The smallest absolute Gasteiger partial charge is 0.338 e. The number of sulfonamides is 1. The zero-order chi connectivity index (χ0) is 23.7. The number of ether oxygens (including phenoxy) is 1. The predicted octanol–water partition coefficient (Wildman–Crippen LogP) is 2.17. The van der Waals surface area contributed by atoms with Gasteiger partial charge in [0.1, 0.15) is 0 Å². The van der Waals surface area contributed by atoms with Crippen LogP contribution in [0.15, 0.2) is 53.4 Å². The molecule has 0 aliphatic heterocycles. The van der Waals surface area contributed by atoms with Crippen molar-refractivity contribution in [3.63, 3.8) is 0 Å². The number of rotatable bonds is 10. The molecule has 32 heavy (non-hydrogen) atoms. The van der Waals surface area contributed by atoms with Gasteiger partial charge in [-0.05, 0) is 55.5 Å². The second kappa shape index (κ2) is 11.4. The molecule has 0 unspecified atom stereocenters. The Morgan fingerprint density at radius 2 is 1.50 bits per heavy atom. The number of hydrogen-bond acceptors (Lipinski definition) is 6. The second-order valence-electron chi connectivity index (χ2n) is 7.12. The zero-order valence-electron chi connectivity index (χ0n) is 18.2. The van der Waals surface area contributed by atoms with Crippen molar-refractivity contribution in [2.45, 2.75) is 25.7 Å². The van der Waals surface area contributed by atoms with Crippen molar-refractivity contribution < 1.29 is 27.5 Å². The molecule has 9 nitrogen and oxygen atoms in total. The molecule has 0 aromatic heterocycles. The number of anilines is 1. The predicted molar refractivity (Wildman–Crippen MR) is 120 cm³/mol. The van der Waals surface area contributed by atoms with Crippen molar-refractivity contribution in [2.24, 2.45) is 5.92 Å². The first-order valence-corrected chi connectivity index (χ1v) is 11.6. The Morgan fingerprint density at radius 1 is 0.906 bits per heavy atom. The molecule has 2 amide bonds. The third-order valence-electron chi connectivity index (χ3n) is 4.32. The molecule has 0 fully saturated rings. The summed E-state index contributed by atoms with van der Waals surface area (Å²) in [6.07, 6.45) is 0. The van der Waals surface area contributed by atoms with Crippen LogP contribution in [0.25, 0.3) is 0 Å². The van der Waals surface area contributed by atoms with Crippen molar-refractivity contribution in [1.29, 1.82) is 0 Å². The number of hydrogen-bond donors (Lipinski definition) is 3.